The van der Waals surface area contributed by atoms with E-state index in [1.165, 1.54) is 16.6 Å². The zero-order chi connectivity index (χ0) is 17.6. The van der Waals surface area contributed by atoms with Crippen LogP contribution >= 0.6 is 12.2 Å². The van der Waals surface area contributed by atoms with E-state index in [0.29, 0.717) is 31.3 Å². The summed E-state index contributed by atoms with van der Waals surface area (Å²) in [5.74, 6) is 0.129. The second-order valence-electron chi connectivity index (χ2n) is 6.69. The summed E-state index contributed by atoms with van der Waals surface area (Å²) in [4.78, 5) is 20.4. The van der Waals surface area contributed by atoms with E-state index in [1.54, 1.807) is 4.90 Å². The molecule has 1 aromatic heterocycles. The number of thiocarbonyl (C=S) groups is 1. The van der Waals surface area contributed by atoms with Crippen LogP contribution in [0.4, 0.5) is 0 Å². The van der Waals surface area contributed by atoms with Crippen molar-refractivity contribution in [2.45, 2.75) is 38.8 Å². The second-order valence-corrected chi connectivity index (χ2v) is 7.05. The van der Waals surface area contributed by atoms with Gasteiger partial charge in [-0.15, -0.1) is 0 Å². The average Bonchev–Trinajstić information content (AvgIpc) is 3.10. The Labute approximate surface area is 152 Å². The highest BCUT2D eigenvalue weighted by Gasteiger charge is 2.48. The Kier molecular flexibility index (Phi) is 4.25. The number of hydrogen-bond acceptors (Lipinski definition) is 3. The molecule has 4 rings (SSSR count). The Morgan fingerprint density at radius 3 is 2.96 bits per heavy atom. The number of nitrogens with zero attached hydrogens (tertiary/aromatic N) is 2. The van der Waals surface area contributed by atoms with Gasteiger partial charge in [0, 0.05) is 42.8 Å². The van der Waals surface area contributed by atoms with Crippen LogP contribution in [-0.2, 0) is 16.0 Å². The van der Waals surface area contributed by atoms with Gasteiger partial charge < -0.3 is 14.6 Å². The molecule has 25 heavy (non-hydrogen) atoms. The Balaban J connectivity index is 1.62. The number of aromatic nitrogens is 1. The van der Waals surface area contributed by atoms with Gasteiger partial charge in [0.1, 0.15) is 6.04 Å². The van der Waals surface area contributed by atoms with Crippen LogP contribution in [0.25, 0.3) is 10.9 Å². The third-order valence-corrected chi connectivity index (χ3v) is 5.72. The zero-order valence-electron chi connectivity index (χ0n) is 14.6. The van der Waals surface area contributed by atoms with E-state index in [4.69, 9.17) is 17.0 Å². The van der Waals surface area contributed by atoms with Crippen molar-refractivity contribution in [3.63, 3.8) is 0 Å². The number of fused-ring (bicyclic) bond motifs is 4. The summed E-state index contributed by atoms with van der Waals surface area (Å²) in [7, 11) is 0. The van der Waals surface area contributed by atoms with E-state index >= 15 is 0 Å². The summed E-state index contributed by atoms with van der Waals surface area (Å²) in [6, 6.07) is 8.20. The maximum Gasteiger partial charge on any atom is 0.251 e. The smallest absolute Gasteiger partial charge is 0.251 e. The largest absolute Gasteiger partial charge is 0.382 e. The fraction of sp³-hybridized carbons (Fsp3) is 0.474. The number of carbonyl (C=O) groups excluding carboxylic acids is 1. The lowest BCUT2D eigenvalue weighted by molar-refractivity contribution is -0.128. The van der Waals surface area contributed by atoms with Gasteiger partial charge in [0.15, 0.2) is 5.11 Å². The van der Waals surface area contributed by atoms with Crippen molar-refractivity contribution >= 4 is 34.1 Å². The monoisotopic (exact) mass is 357 g/mol. The van der Waals surface area contributed by atoms with Crippen molar-refractivity contribution in [3.05, 3.63) is 35.5 Å². The highest BCUT2D eigenvalue weighted by Crippen LogP contribution is 2.40. The van der Waals surface area contributed by atoms with Crippen LogP contribution in [0.3, 0.4) is 0 Å². The minimum atomic E-state index is -0.179. The van der Waals surface area contributed by atoms with Crippen LogP contribution in [0, 0.1) is 0 Å². The molecule has 1 N–H and O–H groups in total. The van der Waals surface area contributed by atoms with E-state index in [0.717, 1.165) is 11.9 Å². The fourth-order valence-corrected chi connectivity index (χ4v) is 4.56. The van der Waals surface area contributed by atoms with Gasteiger partial charge in [-0.3, -0.25) is 9.69 Å². The Morgan fingerprint density at radius 1 is 1.36 bits per heavy atom. The number of H-pyrrole nitrogens is 1. The van der Waals surface area contributed by atoms with Gasteiger partial charge in [-0.2, -0.15) is 0 Å². The van der Waals surface area contributed by atoms with Gasteiger partial charge in [-0.1, -0.05) is 18.2 Å². The number of ether oxygens (including phenoxy) is 1. The standard InChI is InChI=1S/C19H23N3O2S/c1-3-24-10-6-9-21-18(23)16-11-14-13-7-4-5-8-15(13)20-17(14)12(2)22(16)19(21)25/h4-5,7-8,12,16,20H,3,6,9-11H2,1-2H3/t12-,16+/m1/s1. The predicted molar refractivity (Wildman–Crippen MR) is 101 cm³/mol. The lowest BCUT2D eigenvalue weighted by atomic mass is 9.93. The number of benzene rings is 1. The Hall–Kier alpha value is -1.92. The van der Waals surface area contributed by atoms with Gasteiger partial charge in [-0.05, 0) is 44.1 Å². The Morgan fingerprint density at radius 2 is 2.16 bits per heavy atom. The molecule has 0 bridgehead atoms. The number of nitrogens with one attached hydrogen (secondary N) is 1. The third kappa shape index (κ3) is 2.55. The summed E-state index contributed by atoms with van der Waals surface area (Å²) >= 11 is 5.66. The van der Waals surface area contributed by atoms with Crippen molar-refractivity contribution in [1.82, 2.24) is 14.8 Å². The van der Waals surface area contributed by atoms with E-state index < -0.39 is 0 Å². The normalized spacial score (nSPS) is 22.6. The summed E-state index contributed by atoms with van der Waals surface area (Å²) in [6.07, 6.45) is 1.52. The van der Waals surface area contributed by atoms with Crippen LogP contribution in [-0.4, -0.2) is 51.6 Å². The molecule has 0 radical (unpaired) electrons. The van der Waals surface area contributed by atoms with Crippen molar-refractivity contribution in [2.75, 3.05) is 19.8 Å². The fourth-order valence-electron chi connectivity index (χ4n) is 4.09. The lowest BCUT2D eigenvalue weighted by Crippen LogP contribution is -2.42. The summed E-state index contributed by atoms with van der Waals surface area (Å²) in [5, 5.41) is 1.88. The van der Waals surface area contributed by atoms with Crippen molar-refractivity contribution in [1.29, 1.82) is 0 Å². The van der Waals surface area contributed by atoms with Gasteiger partial charge >= 0.3 is 0 Å². The first kappa shape index (κ1) is 16.5. The minimum absolute atomic E-state index is 0.0782. The topological polar surface area (TPSA) is 48.6 Å². The van der Waals surface area contributed by atoms with E-state index in [9.17, 15) is 4.79 Å². The first-order chi connectivity index (χ1) is 12.1. The first-order valence-electron chi connectivity index (χ1n) is 8.94. The van der Waals surface area contributed by atoms with Crippen LogP contribution in [0.15, 0.2) is 24.3 Å². The number of amides is 1. The highest BCUT2D eigenvalue weighted by molar-refractivity contribution is 7.80. The summed E-state index contributed by atoms with van der Waals surface area (Å²) < 4.78 is 5.39. The molecule has 2 aliphatic rings. The van der Waals surface area contributed by atoms with Crippen LogP contribution < -0.4 is 0 Å². The first-order valence-corrected chi connectivity index (χ1v) is 9.35. The van der Waals surface area contributed by atoms with Crippen LogP contribution in [0.5, 0.6) is 0 Å². The molecule has 5 nitrogen and oxygen atoms in total. The quantitative estimate of drug-likeness (QED) is 0.660. The predicted octanol–water partition coefficient (Wildman–Crippen LogP) is 3.01. The molecule has 132 valence electrons. The molecule has 0 unspecified atom stereocenters. The average molecular weight is 357 g/mol. The van der Waals surface area contributed by atoms with Crippen LogP contribution in [0.2, 0.25) is 0 Å². The number of para-hydroxylation sites is 1. The van der Waals surface area contributed by atoms with Crippen molar-refractivity contribution in [2.24, 2.45) is 0 Å². The molecule has 2 aromatic rings. The number of carbonyl (C=O) groups is 1. The number of rotatable bonds is 5. The zero-order valence-corrected chi connectivity index (χ0v) is 15.4. The maximum absolute atomic E-state index is 13.0. The maximum atomic E-state index is 13.0. The Bertz CT molecular complexity index is 831. The molecular weight excluding hydrogens is 334 g/mol. The highest BCUT2D eigenvalue weighted by atomic mass is 32.1. The molecule has 0 spiro atoms. The molecule has 3 heterocycles. The number of aromatic amines is 1. The SMILES string of the molecule is CCOCCCN1C(=O)[C@@H]2Cc3c([nH]c4ccccc34)[C@@H](C)N2C1=S. The van der Waals surface area contributed by atoms with Gasteiger partial charge in [-0.25, -0.2) is 0 Å². The molecule has 0 saturated carbocycles. The third-order valence-electron chi connectivity index (χ3n) is 5.29. The molecule has 0 aliphatic carbocycles. The second kappa shape index (κ2) is 6.42. The van der Waals surface area contributed by atoms with Gasteiger partial charge in [0.25, 0.3) is 5.91 Å². The number of hydrogen-bond donors (Lipinski definition) is 1. The molecule has 2 atom stereocenters. The van der Waals surface area contributed by atoms with Crippen molar-refractivity contribution in [3.8, 4) is 0 Å². The summed E-state index contributed by atoms with van der Waals surface area (Å²) in [5.41, 5.74) is 3.58. The minimum Gasteiger partial charge on any atom is -0.382 e. The summed E-state index contributed by atoms with van der Waals surface area (Å²) in [6.45, 7) is 6.10. The van der Waals surface area contributed by atoms with Gasteiger partial charge in [0.05, 0.1) is 6.04 Å². The van der Waals surface area contributed by atoms with E-state index in [2.05, 4.69) is 35.0 Å². The van der Waals surface area contributed by atoms with Crippen molar-refractivity contribution < 1.29 is 9.53 Å². The van der Waals surface area contributed by atoms with Gasteiger partial charge in [0.2, 0.25) is 0 Å². The molecule has 1 fully saturated rings. The molecular formula is C19H23N3O2S. The molecule has 1 aromatic carbocycles. The molecule has 2 aliphatic heterocycles. The molecule has 1 saturated heterocycles. The van der Waals surface area contributed by atoms with E-state index in [1.807, 2.05) is 13.0 Å². The molecule has 6 heteroatoms. The van der Waals surface area contributed by atoms with Crippen LogP contribution in [0.1, 0.15) is 37.6 Å². The molecule has 1 amide bonds. The lowest BCUT2D eigenvalue weighted by Gasteiger charge is -2.35. The van der Waals surface area contributed by atoms with E-state index in [-0.39, 0.29) is 18.0 Å².